The van der Waals surface area contributed by atoms with Gasteiger partial charge in [-0.15, -0.1) is 0 Å². The van der Waals surface area contributed by atoms with Crippen molar-refractivity contribution < 1.29 is 17.9 Å². The summed E-state index contributed by atoms with van der Waals surface area (Å²) < 4.78 is 32.7. The molecule has 1 fully saturated rings. The molecule has 122 valence electrons. The fourth-order valence-electron chi connectivity index (χ4n) is 2.27. The number of esters is 1. The Morgan fingerprint density at radius 2 is 2.23 bits per heavy atom. The fraction of sp³-hybridized carbons (Fsp3) is 0.500. The number of rotatable bonds is 6. The fourth-order valence-corrected chi connectivity index (χ4v) is 4.07. The lowest BCUT2D eigenvalue weighted by molar-refractivity contribution is 0.0526. The molecule has 0 aliphatic carbocycles. The molecule has 0 radical (unpaired) electrons. The highest BCUT2D eigenvalue weighted by molar-refractivity contribution is 9.10. The number of benzene rings is 1. The van der Waals surface area contributed by atoms with Crippen LogP contribution in [0.4, 0.5) is 0 Å². The Hall–Kier alpha value is -0.960. The molecular weight excluding hydrogens is 372 g/mol. The summed E-state index contributed by atoms with van der Waals surface area (Å²) in [5.41, 5.74) is 0.204. The summed E-state index contributed by atoms with van der Waals surface area (Å²) in [4.78, 5) is 11.8. The lowest BCUT2D eigenvalue weighted by atomic mass is 10.2. The normalized spacial score (nSPS) is 18.4. The van der Waals surface area contributed by atoms with Crippen LogP contribution < -0.4 is 10.0 Å². The number of nitrogens with one attached hydrogen (secondary N) is 2. The van der Waals surface area contributed by atoms with Crippen LogP contribution in [0.2, 0.25) is 0 Å². The van der Waals surface area contributed by atoms with Crippen LogP contribution in [0.15, 0.2) is 27.6 Å². The van der Waals surface area contributed by atoms with Gasteiger partial charge in [0.05, 0.1) is 17.1 Å². The first kappa shape index (κ1) is 17.4. The molecule has 1 aliphatic heterocycles. The summed E-state index contributed by atoms with van der Waals surface area (Å²) >= 11 is 3.23. The van der Waals surface area contributed by atoms with Gasteiger partial charge in [-0.25, -0.2) is 17.9 Å². The topological polar surface area (TPSA) is 84.5 Å². The average Bonchev–Trinajstić information content (AvgIpc) is 2.98. The Labute approximate surface area is 138 Å². The third-order valence-electron chi connectivity index (χ3n) is 3.37. The Balaban J connectivity index is 2.16. The Bertz CT molecular complexity index is 642. The van der Waals surface area contributed by atoms with Crippen molar-refractivity contribution in [3.63, 3.8) is 0 Å². The van der Waals surface area contributed by atoms with E-state index in [1.807, 2.05) is 0 Å². The Morgan fingerprint density at radius 1 is 1.45 bits per heavy atom. The molecule has 1 atom stereocenters. The SMILES string of the molecule is CCOC(=O)c1cc(Br)cc(S(=O)(=O)NCC2CCCN2)c1. The molecule has 0 amide bonds. The summed E-state index contributed by atoms with van der Waals surface area (Å²) in [6, 6.07) is 4.49. The third kappa shape index (κ3) is 4.52. The van der Waals surface area contributed by atoms with E-state index in [-0.39, 0.29) is 23.1 Å². The van der Waals surface area contributed by atoms with E-state index in [0.717, 1.165) is 19.4 Å². The van der Waals surface area contributed by atoms with Crippen molar-refractivity contribution in [2.75, 3.05) is 19.7 Å². The zero-order valence-electron chi connectivity index (χ0n) is 12.3. The molecule has 2 N–H and O–H groups in total. The van der Waals surface area contributed by atoms with E-state index in [1.54, 1.807) is 6.92 Å². The molecule has 0 bridgehead atoms. The summed E-state index contributed by atoms with van der Waals surface area (Å²) in [6.07, 6.45) is 2.01. The number of ether oxygens (including phenoxy) is 1. The van der Waals surface area contributed by atoms with Gasteiger partial charge < -0.3 is 10.1 Å². The van der Waals surface area contributed by atoms with Gasteiger partial charge in [-0.05, 0) is 44.5 Å². The van der Waals surface area contributed by atoms with Crippen LogP contribution >= 0.6 is 15.9 Å². The van der Waals surface area contributed by atoms with Crippen LogP contribution in [0.25, 0.3) is 0 Å². The maximum Gasteiger partial charge on any atom is 0.338 e. The van der Waals surface area contributed by atoms with E-state index >= 15 is 0 Å². The molecular formula is C14H19BrN2O4S. The number of hydrogen-bond donors (Lipinski definition) is 2. The molecule has 6 nitrogen and oxygen atoms in total. The molecule has 1 aromatic rings. The van der Waals surface area contributed by atoms with Gasteiger partial charge in [0.25, 0.3) is 0 Å². The molecule has 0 spiro atoms. The van der Waals surface area contributed by atoms with Crippen LogP contribution in [-0.2, 0) is 14.8 Å². The molecule has 8 heteroatoms. The molecule has 1 aromatic carbocycles. The van der Waals surface area contributed by atoms with Crippen molar-refractivity contribution in [1.82, 2.24) is 10.0 Å². The quantitative estimate of drug-likeness (QED) is 0.721. The molecule has 1 saturated heterocycles. The van der Waals surface area contributed by atoms with E-state index < -0.39 is 16.0 Å². The number of carbonyl (C=O) groups is 1. The lowest BCUT2D eigenvalue weighted by Crippen LogP contribution is -2.37. The second-order valence-corrected chi connectivity index (χ2v) is 7.72. The number of carbonyl (C=O) groups excluding carboxylic acids is 1. The highest BCUT2D eigenvalue weighted by Gasteiger charge is 2.21. The van der Waals surface area contributed by atoms with Gasteiger partial charge in [0.15, 0.2) is 0 Å². The van der Waals surface area contributed by atoms with E-state index in [0.29, 0.717) is 11.0 Å². The minimum Gasteiger partial charge on any atom is -0.462 e. The second kappa shape index (κ2) is 7.54. The van der Waals surface area contributed by atoms with E-state index in [4.69, 9.17) is 4.74 Å². The van der Waals surface area contributed by atoms with Gasteiger partial charge in [-0.1, -0.05) is 15.9 Å². The zero-order valence-corrected chi connectivity index (χ0v) is 14.7. The number of sulfonamides is 1. The summed E-state index contributed by atoms with van der Waals surface area (Å²) in [7, 11) is -3.67. The minimum atomic E-state index is -3.67. The average molecular weight is 391 g/mol. The Kier molecular flexibility index (Phi) is 5.96. The monoisotopic (exact) mass is 390 g/mol. The van der Waals surface area contributed by atoms with Crippen LogP contribution in [0.1, 0.15) is 30.1 Å². The van der Waals surface area contributed by atoms with Crippen molar-refractivity contribution in [2.45, 2.75) is 30.7 Å². The number of halogens is 1. The van der Waals surface area contributed by atoms with Gasteiger partial charge in [-0.3, -0.25) is 0 Å². The van der Waals surface area contributed by atoms with E-state index in [1.165, 1.54) is 18.2 Å². The third-order valence-corrected chi connectivity index (χ3v) is 5.24. The van der Waals surface area contributed by atoms with Gasteiger partial charge in [0.1, 0.15) is 0 Å². The maximum atomic E-state index is 12.4. The van der Waals surface area contributed by atoms with Crippen LogP contribution in [0, 0.1) is 0 Å². The largest absolute Gasteiger partial charge is 0.462 e. The van der Waals surface area contributed by atoms with Crippen molar-refractivity contribution >= 4 is 31.9 Å². The maximum absolute atomic E-state index is 12.4. The van der Waals surface area contributed by atoms with Crippen molar-refractivity contribution in [3.05, 3.63) is 28.2 Å². The van der Waals surface area contributed by atoms with Gasteiger partial charge >= 0.3 is 5.97 Å². The number of hydrogen-bond acceptors (Lipinski definition) is 5. The highest BCUT2D eigenvalue weighted by Crippen LogP contribution is 2.20. The molecule has 1 heterocycles. The zero-order chi connectivity index (χ0) is 16.2. The standard InChI is InChI=1S/C14H19BrN2O4S/c1-2-21-14(18)10-6-11(15)8-13(7-10)22(19,20)17-9-12-4-3-5-16-12/h6-8,12,16-17H,2-5,9H2,1H3. The predicted octanol–water partition coefficient (Wildman–Crippen LogP) is 1.66. The van der Waals surface area contributed by atoms with Crippen molar-refractivity contribution in [3.8, 4) is 0 Å². The summed E-state index contributed by atoms with van der Waals surface area (Å²) in [5.74, 6) is -0.544. The molecule has 0 aromatic heterocycles. The van der Waals surface area contributed by atoms with Gasteiger partial charge in [-0.2, -0.15) is 0 Å². The Morgan fingerprint density at radius 3 is 2.86 bits per heavy atom. The van der Waals surface area contributed by atoms with Crippen molar-refractivity contribution in [1.29, 1.82) is 0 Å². The van der Waals surface area contributed by atoms with E-state index in [2.05, 4.69) is 26.0 Å². The van der Waals surface area contributed by atoms with Crippen LogP contribution in [0.5, 0.6) is 0 Å². The van der Waals surface area contributed by atoms with Crippen molar-refractivity contribution in [2.24, 2.45) is 0 Å². The summed E-state index contributed by atoms with van der Waals surface area (Å²) in [5, 5.41) is 3.23. The van der Waals surface area contributed by atoms with Gasteiger partial charge in [0.2, 0.25) is 10.0 Å². The molecule has 0 saturated carbocycles. The summed E-state index contributed by atoms with van der Waals surface area (Å²) in [6.45, 7) is 3.18. The van der Waals surface area contributed by atoms with Crippen LogP contribution in [-0.4, -0.2) is 40.1 Å². The first-order chi connectivity index (χ1) is 10.4. The van der Waals surface area contributed by atoms with Crippen LogP contribution in [0.3, 0.4) is 0 Å². The molecule has 2 rings (SSSR count). The highest BCUT2D eigenvalue weighted by atomic mass is 79.9. The lowest BCUT2D eigenvalue weighted by Gasteiger charge is -2.13. The first-order valence-electron chi connectivity index (χ1n) is 7.13. The first-order valence-corrected chi connectivity index (χ1v) is 9.41. The molecule has 1 aliphatic rings. The second-order valence-electron chi connectivity index (χ2n) is 5.04. The predicted molar refractivity (Wildman–Crippen MR) is 86.3 cm³/mol. The van der Waals surface area contributed by atoms with Gasteiger partial charge in [0, 0.05) is 17.1 Å². The smallest absolute Gasteiger partial charge is 0.338 e. The molecule has 1 unspecified atom stereocenters. The van der Waals surface area contributed by atoms with E-state index in [9.17, 15) is 13.2 Å². The molecule has 22 heavy (non-hydrogen) atoms. The minimum absolute atomic E-state index is 0.0444.